The van der Waals surface area contributed by atoms with E-state index in [9.17, 15) is 8.78 Å². The second-order valence-electron chi connectivity index (χ2n) is 4.73. The van der Waals surface area contributed by atoms with Crippen LogP contribution in [0.25, 0.3) is 0 Å². The van der Waals surface area contributed by atoms with Crippen LogP contribution in [0.1, 0.15) is 24.1 Å². The number of hydrogen-bond acceptors (Lipinski definition) is 2. The maximum atomic E-state index is 13.4. The zero-order valence-corrected chi connectivity index (χ0v) is 13.4. The Balaban J connectivity index is 2.17. The van der Waals surface area contributed by atoms with Crippen LogP contribution in [0.4, 0.5) is 8.78 Å². The summed E-state index contributed by atoms with van der Waals surface area (Å²) in [6.07, 6.45) is 0. The number of nitrogens with one attached hydrogen (secondary N) is 1. The van der Waals surface area contributed by atoms with Crippen molar-refractivity contribution in [3.63, 3.8) is 0 Å². The zero-order chi connectivity index (χ0) is 15.4. The maximum Gasteiger partial charge on any atom is 0.137 e. The Morgan fingerprint density at radius 1 is 1.19 bits per heavy atom. The number of halogens is 3. The third kappa shape index (κ3) is 4.02. The Bertz CT molecular complexity index is 634. The van der Waals surface area contributed by atoms with E-state index in [1.54, 1.807) is 25.2 Å². The lowest BCUT2D eigenvalue weighted by Crippen LogP contribution is -2.14. The lowest BCUT2D eigenvalue weighted by molar-refractivity contribution is 0.299. The van der Waals surface area contributed by atoms with Crippen molar-refractivity contribution in [3.05, 3.63) is 63.6 Å². The molecule has 0 saturated heterocycles. The summed E-state index contributed by atoms with van der Waals surface area (Å²) in [6, 6.07) is 9.10. The van der Waals surface area contributed by atoms with Crippen molar-refractivity contribution < 1.29 is 13.5 Å². The van der Waals surface area contributed by atoms with E-state index in [1.807, 2.05) is 6.92 Å². The van der Waals surface area contributed by atoms with Crippen LogP contribution in [0.3, 0.4) is 0 Å². The van der Waals surface area contributed by atoms with Crippen molar-refractivity contribution >= 4 is 15.9 Å². The molecule has 0 saturated carbocycles. The number of rotatable bonds is 5. The minimum Gasteiger partial charge on any atom is -0.489 e. The molecule has 0 aliphatic carbocycles. The van der Waals surface area contributed by atoms with Crippen molar-refractivity contribution in [1.29, 1.82) is 0 Å². The van der Waals surface area contributed by atoms with Crippen LogP contribution in [0.5, 0.6) is 5.75 Å². The Kier molecular flexibility index (Phi) is 5.31. The summed E-state index contributed by atoms with van der Waals surface area (Å²) in [5.41, 5.74) is 1.58. The van der Waals surface area contributed by atoms with Crippen LogP contribution in [-0.4, -0.2) is 7.05 Å². The van der Waals surface area contributed by atoms with Gasteiger partial charge in [0.05, 0.1) is 4.47 Å². The molecule has 0 bridgehead atoms. The Morgan fingerprint density at radius 2 is 1.95 bits per heavy atom. The molecule has 112 valence electrons. The molecule has 0 aliphatic heterocycles. The Morgan fingerprint density at radius 3 is 2.62 bits per heavy atom. The van der Waals surface area contributed by atoms with Gasteiger partial charge in [-0.3, -0.25) is 0 Å². The molecule has 0 heterocycles. The predicted octanol–water partition coefficient (Wildman–Crippen LogP) is 4.59. The molecule has 0 aliphatic rings. The van der Waals surface area contributed by atoms with E-state index >= 15 is 0 Å². The highest BCUT2D eigenvalue weighted by molar-refractivity contribution is 9.10. The largest absolute Gasteiger partial charge is 0.489 e. The second-order valence-corrected chi connectivity index (χ2v) is 5.58. The summed E-state index contributed by atoms with van der Waals surface area (Å²) in [6.45, 7) is 2.21. The van der Waals surface area contributed by atoms with Crippen LogP contribution >= 0.6 is 15.9 Å². The van der Waals surface area contributed by atoms with Crippen LogP contribution < -0.4 is 10.1 Å². The van der Waals surface area contributed by atoms with E-state index in [0.29, 0.717) is 10.2 Å². The van der Waals surface area contributed by atoms with Crippen LogP contribution in [0.2, 0.25) is 0 Å². The summed E-state index contributed by atoms with van der Waals surface area (Å²) in [7, 11) is 1.80. The summed E-state index contributed by atoms with van der Waals surface area (Å²) >= 11 is 3.14. The number of benzene rings is 2. The predicted molar refractivity (Wildman–Crippen MR) is 82.3 cm³/mol. The van der Waals surface area contributed by atoms with Crippen LogP contribution in [-0.2, 0) is 6.61 Å². The zero-order valence-electron chi connectivity index (χ0n) is 11.8. The molecule has 21 heavy (non-hydrogen) atoms. The topological polar surface area (TPSA) is 21.3 Å². The fourth-order valence-electron chi connectivity index (χ4n) is 1.94. The van der Waals surface area contributed by atoms with Gasteiger partial charge in [-0.25, -0.2) is 8.78 Å². The van der Waals surface area contributed by atoms with Gasteiger partial charge in [-0.15, -0.1) is 0 Å². The molecule has 0 radical (unpaired) electrons. The van der Waals surface area contributed by atoms with Gasteiger partial charge in [-0.05, 0) is 65.8 Å². The van der Waals surface area contributed by atoms with Gasteiger partial charge in [0.15, 0.2) is 0 Å². The van der Waals surface area contributed by atoms with E-state index in [4.69, 9.17) is 4.74 Å². The average Bonchev–Trinajstić information content (AvgIpc) is 2.48. The molecule has 5 heteroatoms. The minimum atomic E-state index is -0.315. The first-order chi connectivity index (χ1) is 10.0. The summed E-state index contributed by atoms with van der Waals surface area (Å²) in [4.78, 5) is 0. The van der Waals surface area contributed by atoms with E-state index in [2.05, 4.69) is 21.2 Å². The molecule has 2 nitrogen and oxygen atoms in total. The molecule has 0 spiro atoms. The van der Waals surface area contributed by atoms with Gasteiger partial charge in [-0.2, -0.15) is 0 Å². The third-order valence-electron chi connectivity index (χ3n) is 3.25. The fourth-order valence-corrected chi connectivity index (χ4v) is 2.36. The van der Waals surface area contributed by atoms with E-state index < -0.39 is 0 Å². The number of ether oxygens (including phenoxy) is 1. The van der Waals surface area contributed by atoms with Gasteiger partial charge in [0.1, 0.15) is 24.0 Å². The van der Waals surface area contributed by atoms with E-state index in [-0.39, 0.29) is 24.3 Å². The SMILES string of the molecule is CNC(C)c1cc(F)ccc1OCc1ccc(F)c(Br)c1. The number of hydrogen-bond donors (Lipinski definition) is 1. The molecule has 2 aromatic rings. The molecule has 1 unspecified atom stereocenters. The lowest BCUT2D eigenvalue weighted by atomic mass is 10.1. The second kappa shape index (κ2) is 7.00. The van der Waals surface area contributed by atoms with Crippen molar-refractivity contribution in [3.8, 4) is 5.75 Å². The van der Waals surface area contributed by atoms with Gasteiger partial charge in [0.2, 0.25) is 0 Å². The maximum absolute atomic E-state index is 13.4. The third-order valence-corrected chi connectivity index (χ3v) is 3.86. The standard InChI is InChI=1S/C16H16BrF2NO/c1-10(20-2)13-8-12(18)4-6-16(13)21-9-11-3-5-15(19)14(17)7-11/h3-8,10,20H,9H2,1-2H3. The summed E-state index contributed by atoms with van der Waals surface area (Å²) in [5.74, 6) is -0.00676. The van der Waals surface area contributed by atoms with E-state index in [1.165, 1.54) is 18.2 Å². The monoisotopic (exact) mass is 355 g/mol. The molecular formula is C16H16BrF2NO. The summed E-state index contributed by atoms with van der Waals surface area (Å²) < 4.78 is 32.7. The molecule has 0 fully saturated rings. The normalized spacial score (nSPS) is 12.2. The molecule has 1 N–H and O–H groups in total. The van der Waals surface area contributed by atoms with Gasteiger partial charge >= 0.3 is 0 Å². The smallest absolute Gasteiger partial charge is 0.137 e. The van der Waals surface area contributed by atoms with Crippen LogP contribution in [0.15, 0.2) is 40.9 Å². The quantitative estimate of drug-likeness (QED) is 0.846. The molecular weight excluding hydrogens is 340 g/mol. The van der Waals surface area contributed by atoms with Crippen molar-refractivity contribution in [2.45, 2.75) is 19.6 Å². The minimum absolute atomic E-state index is 0.0318. The van der Waals surface area contributed by atoms with Crippen molar-refractivity contribution in [2.24, 2.45) is 0 Å². The molecule has 0 aromatic heterocycles. The first kappa shape index (κ1) is 15.9. The highest BCUT2D eigenvalue weighted by Gasteiger charge is 2.12. The van der Waals surface area contributed by atoms with Gasteiger partial charge < -0.3 is 10.1 Å². The first-order valence-electron chi connectivity index (χ1n) is 6.54. The highest BCUT2D eigenvalue weighted by atomic mass is 79.9. The van der Waals surface area contributed by atoms with E-state index in [0.717, 1.165) is 11.1 Å². The molecule has 2 rings (SSSR count). The molecule has 1 atom stereocenters. The Hall–Kier alpha value is -1.46. The van der Waals surface area contributed by atoms with Gasteiger partial charge in [0.25, 0.3) is 0 Å². The van der Waals surface area contributed by atoms with Crippen LogP contribution in [0, 0.1) is 11.6 Å². The van der Waals surface area contributed by atoms with Crippen molar-refractivity contribution in [2.75, 3.05) is 7.05 Å². The van der Waals surface area contributed by atoms with Gasteiger partial charge in [-0.1, -0.05) is 6.07 Å². The van der Waals surface area contributed by atoms with Gasteiger partial charge in [0, 0.05) is 11.6 Å². The fraction of sp³-hybridized carbons (Fsp3) is 0.250. The summed E-state index contributed by atoms with van der Waals surface area (Å²) in [5, 5.41) is 3.06. The Labute approximate surface area is 131 Å². The molecule has 2 aromatic carbocycles. The molecule has 0 amide bonds. The average molecular weight is 356 g/mol. The first-order valence-corrected chi connectivity index (χ1v) is 7.34. The highest BCUT2D eigenvalue weighted by Crippen LogP contribution is 2.27. The van der Waals surface area contributed by atoms with Crippen molar-refractivity contribution in [1.82, 2.24) is 5.32 Å². The lowest BCUT2D eigenvalue weighted by Gasteiger charge is -2.17.